The summed E-state index contributed by atoms with van der Waals surface area (Å²) in [6.07, 6.45) is 2.59. The second-order valence-electron chi connectivity index (χ2n) is 3.25. The van der Waals surface area contributed by atoms with Crippen molar-refractivity contribution in [1.29, 1.82) is 0 Å². The van der Waals surface area contributed by atoms with Crippen LogP contribution in [0.3, 0.4) is 0 Å². The van der Waals surface area contributed by atoms with Crippen molar-refractivity contribution in [3.63, 3.8) is 0 Å². The second kappa shape index (κ2) is 5.55. The fourth-order valence-corrected chi connectivity index (χ4v) is 1.91. The molecule has 0 saturated heterocycles. The first-order valence-corrected chi connectivity index (χ1v) is 6.11. The van der Waals surface area contributed by atoms with E-state index >= 15 is 0 Å². The number of aromatic carboxylic acids is 1. The molecule has 1 aromatic carbocycles. The van der Waals surface area contributed by atoms with Crippen molar-refractivity contribution in [3.8, 4) is 0 Å². The van der Waals surface area contributed by atoms with Gasteiger partial charge in [-0.05, 0) is 30.1 Å². The number of primary amides is 1. The van der Waals surface area contributed by atoms with Crippen LogP contribution in [0.2, 0.25) is 0 Å². The normalized spacial score (nSPS) is 10.1. The van der Waals surface area contributed by atoms with Crippen LogP contribution in [0.15, 0.2) is 18.2 Å². The number of carbonyl (C=O) groups excluding carboxylic acids is 1. The van der Waals surface area contributed by atoms with Crippen molar-refractivity contribution in [2.45, 2.75) is 6.42 Å². The average Bonchev–Trinajstić information content (AvgIpc) is 2.25. The van der Waals surface area contributed by atoms with Crippen molar-refractivity contribution < 1.29 is 14.7 Å². The number of benzene rings is 1. The SMILES string of the molecule is CSCCc1cccc(C(=O)O)c1C(N)=O. The minimum Gasteiger partial charge on any atom is -0.478 e. The number of carboxylic acid groups (broad SMARTS) is 1. The van der Waals surface area contributed by atoms with E-state index in [-0.39, 0.29) is 11.1 Å². The lowest BCUT2D eigenvalue weighted by Gasteiger charge is -2.08. The van der Waals surface area contributed by atoms with Gasteiger partial charge in [-0.15, -0.1) is 0 Å². The zero-order chi connectivity index (χ0) is 12.1. The highest BCUT2D eigenvalue weighted by Gasteiger charge is 2.17. The maximum Gasteiger partial charge on any atom is 0.336 e. The van der Waals surface area contributed by atoms with E-state index in [2.05, 4.69) is 0 Å². The van der Waals surface area contributed by atoms with E-state index in [0.29, 0.717) is 12.0 Å². The summed E-state index contributed by atoms with van der Waals surface area (Å²) >= 11 is 1.63. The molecule has 16 heavy (non-hydrogen) atoms. The number of amides is 1. The fourth-order valence-electron chi connectivity index (χ4n) is 1.49. The lowest BCUT2D eigenvalue weighted by molar-refractivity contribution is 0.0692. The maximum atomic E-state index is 11.3. The van der Waals surface area contributed by atoms with Gasteiger partial charge >= 0.3 is 5.97 Å². The minimum absolute atomic E-state index is 0.0221. The van der Waals surface area contributed by atoms with Gasteiger partial charge in [0.2, 0.25) is 5.91 Å². The average molecular weight is 239 g/mol. The van der Waals surface area contributed by atoms with Crippen molar-refractivity contribution in [1.82, 2.24) is 0 Å². The van der Waals surface area contributed by atoms with E-state index in [1.807, 2.05) is 6.26 Å². The van der Waals surface area contributed by atoms with Crippen LogP contribution in [0.5, 0.6) is 0 Å². The van der Waals surface area contributed by atoms with E-state index in [1.165, 1.54) is 6.07 Å². The van der Waals surface area contributed by atoms with E-state index in [9.17, 15) is 9.59 Å². The first-order valence-electron chi connectivity index (χ1n) is 4.72. The molecule has 0 heterocycles. The second-order valence-corrected chi connectivity index (χ2v) is 4.24. The minimum atomic E-state index is -1.13. The Morgan fingerprint density at radius 1 is 1.44 bits per heavy atom. The Morgan fingerprint density at radius 3 is 2.62 bits per heavy atom. The van der Waals surface area contributed by atoms with Crippen LogP contribution >= 0.6 is 11.8 Å². The molecule has 0 fully saturated rings. The third-order valence-electron chi connectivity index (χ3n) is 2.20. The molecule has 1 amide bonds. The Balaban J connectivity index is 3.21. The van der Waals surface area contributed by atoms with Crippen molar-refractivity contribution >= 4 is 23.6 Å². The van der Waals surface area contributed by atoms with Gasteiger partial charge in [0.25, 0.3) is 0 Å². The molecule has 86 valence electrons. The zero-order valence-electron chi connectivity index (χ0n) is 8.90. The fraction of sp³-hybridized carbons (Fsp3) is 0.273. The molecule has 0 aromatic heterocycles. The zero-order valence-corrected chi connectivity index (χ0v) is 9.71. The Bertz CT molecular complexity index is 418. The summed E-state index contributed by atoms with van der Waals surface area (Å²) in [6, 6.07) is 4.76. The van der Waals surface area contributed by atoms with Gasteiger partial charge in [-0.2, -0.15) is 11.8 Å². The standard InChI is InChI=1S/C11H13NO3S/c1-16-6-5-7-3-2-4-8(11(14)15)9(7)10(12)13/h2-4H,5-6H2,1H3,(H2,12,13)(H,14,15). The Hall–Kier alpha value is -1.49. The summed E-state index contributed by atoms with van der Waals surface area (Å²) in [7, 11) is 0. The van der Waals surface area contributed by atoms with Gasteiger partial charge in [0.15, 0.2) is 0 Å². The lowest BCUT2D eigenvalue weighted by Crippen LogP contribution is -2.19. The molecule has 0 atom stereocenters. The molecule has 0 aliphatic heterocycles. The molecular weight excluding hydrogens is 226 g/mol. The quantitative estimate of drug-likeness (QED) is 0.813. The van der Waals surface area contributed by atoms with Gasteiger partial charge in [0.1, 0.15) is 0 Å². The van der Waals surface area contributed by atoms with E-state index in [0.717, 1.165) is 5.75 Å². The Kier molecular flexibility index (Phi) is 4.37. The van der Waals surface area contributed by atoms with Crippen molar-refractivity contribution in [3.05, 3.63) is 34.9 Å². The maximum absolute atomic E-state index is 11.3. The number of hydrogen-bond acceptors (Lipinski definition) is 3. The number of rotatable bonds is 5. The van der Waals surface area contributed by atoms with Crippen molar-refractivity contribution in [2.75, 3.05) is 12.0 Å². The van der Waals surface area contributed by atoms with Gasteiger partial charge in [-0.1, -0.05) is 12.1 Å². The molecule has 4 nitrogen and oxygen atoms in total. The van der Waals surface area contributed by atoms with Crippen LogP contribution in [-0.2, 0) is 6.42 Å². The molecule has 3 N–H and O–H groups in total. The number of hydrogen-bond donors (Lipinski definition) is 2. The number of nitrogens with two attached hydrogens (primary N) is 1. The van der Waals surface area contributed by atoms with Gasteiger partial charge in [0, 0.05) is 0 Å². The number of aryl methyl sites for hydroxylation is 1. The third-order valence-corrected chi connectivity index (χ3v) is 2.82. The highest BCUT2D eigenvalue weighted by atomic mass is 32.2. The summed E-state index contributed by atoms with van der Waals surface area (Å²) in [5.74, 6) is -0.988. The lowest BCUT2D eigenvalue weighted by atomic mass is 9.99. The molecule has 0 unspecified atom stereocenters. The van der Waals surface area contributed by atoms with Crippen LogP contribution in [0, 0.1) is 0 Å². The topological polar surface area (TPSA) is 80.4 Å². The molecule has 5 heteroatoms. The van der Waals surface area contributed by atoms with Gasteiger partial charge in [-0.3, -0.25) is 4.79 Å². The summed E-state index contributed by atoms with van der Waals surface area (Å²) in [4.78, 5) is 22.2. The van der Waals surface area contributed by atoms with Crippen LogP contribution in [0.25, 0.3) is 0 Å². The first kappa shape index (κ1) is 12.6. The van der Waals surface area contributed by atoms with Gasteiger partial charge in [-0.25, -0.2) is 4.79 Å². The smallest absolute Gasteiger partial charge is 0.336 e. The molecule has 0 aliphatic carbocycles. The molecule has 0 radical (unpaired) electrons. The molecule has 0 aliphatic rings. The summed E-state index contributed by atoms with van der Waals surface area (Å²) in [5, 5.41) is 8.95. The summed E-state index contributed by atoms with van der Waals surface area (Å²) in [5.41, 5.74) is 6.02. The summed E-state index contributed by atoms with van der Waals surface area (Å²) in [6.45, 7) is 0. The van der Waals surface area contributed by atoms with E-state index in [4.69, 9.17) is 10.8 Å². The Labute approximate surface area is 97.8 Å². The molecule has 0 spiro atoms. The number of carbonyl (C=O) groups is 2. The molecule has 0 bridgehead atoms. The first-order chi connectivity index (χ1) is 7.57. The van der Waals surface area contributed by atoms with Crippen LogP contribution in [0.1, 0.15) is 26.3 Å². The monoisotopic (exact) mass is 239 g/mol. The van der Waals surface area contributed by atoms with E-state index < -0.39 is 11.9 Å². The third kappa shape index (κ3) is 2.76. The largest absolute Gasteiger partial charge is 0.478 e. The van der Waals surface area contributed by atoms with Gasteiger partial charge < -0.3 is 10.8 Å². The summed E-state index contributed by atoms with van der Waals surface area (Å²) < 4.78 is 0. The highest BCUT2D eigenvalue weighted by Crippen LogP contribution is 2.16. The molecule has 0 saturated carbocycles. The van der Waals surface area contributed by atoms with Crippen LogP contribution < -0.4 is 5.73 Å². The van der Waals surface area contributed by atoms with Crippen LogP contribution in [-0.4, -0.2) is 29.0 Å². The Morgan fingerprint density at radius 2 is 2.12 bits per heavy atom. The highest BCUT2D eigenvalue weighted by molar-refractivity contribution is 7.98. The number of thioether (sulfide) groups is 1. The molecule has 1 rings (SSSR count). The predicted molar refractivity (Wildman–Crippen MR) is 64.0 cm³/mol. The number of carboxylic acids is 1. The van der Waals surface area contributed by atoms with Crippen molar-refractivity contribution in [2.24, 2.45) is 5.73 Å². The predicted octanol–water partition coefficient (Wildman–Crippen LogP) is 1.39. The van der Waals surface area contributed by atoms with Crippen LogP contribution in [0.4, 0.5) is 0 Å². The molecule has 1 aromatic rings. The van der Waals surface area contributed by atoms with Gasteiger partial charge in [0.05, 0.1) is 11.1 Å². The van der Waals surface area contributed by atoms with E-state index in [1.54, 1.807) is 23.9 Å². The molecular formula is C11H13NO3S.